The lowest BCUT2D eigenvalue weighted by atomic mass is 9.68. The number of likely N-dealkylation sites (tertiary alicyclic amines) is 1. The third-order valence-corrected chi connectivity index (χ3v) is 11.5. The third-order valence-electron chi connectivity index (χ3n) is 11.5. The number of hydrogen-bond donors (Lipinski definition) is 1. The highest BCUT2D eigenvalue weighted by atomic mass is 35.5. The molecule has 6 nitrogen and oxygen atoms in total. The number of piperidine rings is 1. The molecule has 1 heterocycles. The molecule has 4 aromatic carbocycles. The van der Waals surface area contributed by atoms with Gasteiger partial charge in [-0.3, -0.25) is 9.69 Å². The molecule has 0 bridgehead atoms. The molecule has 1 spiro atoms. The summed E-state index contributed by atoms with van der Waals surface area (Å²) in [5, 5.41) is 3.11. The number of fused-ring (bicyclic) bond motifs is 1. The summed E-state index contributed by atoms with van der Waals surface area (Å²) in [4.78, 5) is 15.6. The van der Waals surface area contributed by atoms with E-state index in [2.05, 4.69) is 22.3 Å². The van der Waals surface area contributed by atoms with Crippen molar-refractivity contribution < 1.29 is 27.8 Å². The summed E-state index contributed by atoms with van der Waals surface area (Å²) >= 11 is 0. The highest BCUT2D eigenvalue weighted by Crippen LogP contribution is 2.45. The molecule has 6 rings (SSSR count). The van der Waals surface area contributed by atoms with Crippen molar-refractivity contribution in [1.29, 1.82) is 0 Å². The van der Waals surface area contributed by atoms with Crippen LogP contribution < -0.4 is 19.5 Å². The highest BCUT2D eigenvalue weighted by molar-refractivity contribution is 5.85. The van der Waals surface area contributed by atoms with Crippen molar-refractivity contribution in [3.05, 3.63) is 124 Å². The normalized spacial score (nSPS) is 17.1. The van der Waals surface area contributed by atoms with E-state index in [0.717, 1.165) is 85.6 Å². The predicted octanol–water partition coefficient (Wildman–Crippen LogP) is 9.03. The number of aryl methyl sites for hydroxylation is 1. The lowest BCUT2D eigenvalue weighted by Gasteiger charge is -2.50. The fraction of sp³-hybridized carbons (Fsp3) is 0.432. The number of carbonyl (C=O) groups is 1. The lowest BCUT2D eigenvalue weighted by Crippen LogP contribution is -2.55. The van der Waals surface area contributed by atoms with Gasteiger partial charge in [-0.05, 0) is 147 Å². The number of methoxy groups -OCH3 is 3. The highest BCUT2D eigenvalue weighted by Gasteiger charge is 2.42. The molecule has 0 saturated carbocycles. The van der Waals surface area contributed by atoms with E-state index < -0.39 is 5.41 Å². The molecule has 53 heavy (non-hydrogen) atoms. The lowest BCUT2D eigenvalue weighted by molar-refractivity contribution is -0.120. The van der Waals surface area contributed by atoms with E-state index in [1.54, 1.807) is 21.3 Å². The number of rotatable bonds is 15. The van der Waals surface area contributed by atoms with Gasteiger partial charge >= 0.3 is 0 Å². The van der Waals surface area contributed by atoms with Crippen LogP contribution in [0.15, 0.2) is 84.9 Å². The first kappa shape index (κ1) is 40.1. The standard InChI is InChI=1S/C44H52F2N2O4.ClH/c1-50-39-18-8-32(9-19-39)28-42(49)47-25-6-22-44(35-10-14-37(45)15-11-35,36-12-16-38(46)17-13-36)23-7-27-48-26-5-4-21-43(48)24-20-33-29-40(51-2)41(52-3)30-34(33)31-43;/h8-19,29-30H,4-7,20-28,31H2,1-3H3,(H,47,49);1H. The van der Waals surface area contributed by atoms with Gasteiger partial charge in [0, 0.05) is 17.5 Å². The quantitative estimate of drug-likeness (QED) is 0.123. The van der Waals surface area contributed by atoms with Gasteiger partial charge < -0.3 is 19.5 Å². The molecule has 1 N–H and O–H groups in total. The molecule has 4 aromatic rings. The first-order valence-corrected chi connectivity index (χ1v) is 18.7. The van der Waals surface area contributed by atoms with Crippen LogP contribution in [0.25, 0.3) is 0 Å². The number of ether oxygens (including phenoxy) is 3. The van der Waals surface area contributed by atoms with Gasteiger partial charge in [-0.1, -0.05) is 42.8 Å². The Kier molecular flexibility index (Phi) is 13.8. The molecule has 1 atom stereocenters. The summed E-state index contributed by atoms with van der Waals surface area (Å²) in [6.07, 6.45) is 10.1. The number of nitrogens with one attached hydrogen (secondary N) is 1. The Morgan fingerprint density at radius 2 is 1.38 bits per heavy atom. The van der Waals surface area contributed by atoms with Gasteiger partial charge in [0.25, 0.3) is 0 Å². The second-order valence-corrected chi connectivity index (χ2v) is 14.5. The number of hydrogen-bond acceptors (Lipinski definition) is 5. The van der Waals surface area contributed by atoms with Gasteiger partial charge in [-0.25, -0.2) is 8.78 Å². The van der Waals surface area contributed by atoms with Crippen LogP contribution in [0.2, 0.25) is 0 Å². The third kappa shape index (κ3) is 9.33. The Morgan fingerprint density at radius 1 is 0.774 bits per heavy atom. The van der Waals surface area contributed by atoms with Gasteiger partial charge in [0.15, 0.2) is 11.5 Å². The van der Waals surface area contributed by atoms with E-state index in [1.165, 1.54) is 48.2 Å². The maximum Gasteiger partial charge on any atom is 0.224 e. The summed E-state index contributed by atoms with van der Waals surface area (Å²) in [5.74, 6) is 1.70. The SMILES string of the molecule is COc1ccc(CC(=O)NCCCC(CCCN2CCCCC23CCc2cc(OC)c(OC)cc2C3)(c2ccc(F)cc2)c2ccc(F)cc2)cc1.Cl. The molecule has 1 unspecified atom stereocenters. The van der Waals surface area contributed by atoms with Crippen molar-refractivity contribution in [2.24, 2.45) is 0 Å². The minimum atomic E-state index is -0.492. The summed E-state index contributed by atoms with van der Waals surface area (Å²) in [5.41, 5.74) is 5.22. The summed E-state index contributed by atoms with van der Waals surface area (Å²) < 4.78 is 45.2. The van der Waals surface area contributed by atoms with Crippen LogP contribution in [-0.2, 0) is 29.5 Å². The monoisotopic (exact) mass is 746 g/mol. The number of carbonyl (C=O) groups excluding carboxylic acids is 1. The van der Waals surface area contributed by atoms with Crippen molar-refractivity contribution in [2.75, 3.05) is 41.0 Å². The van der Waals surface area contributed by atoms with Crippen molar-refractivity contribution in [2.45, 2.75) is 81.6 Å². The fourth-order valence-electron chi connectivity index (χ4n) is 8.74. The molecule has 0 radical (unpaired) electrons. The van der Waals surface area contributed by atoms with Crippen molar-refractivity contribution in [3.63, 3.8) is 0 Å². The number of halogens is 3. The first-order valence-electron chi connectivity index (χ1n) is 18.7. The van der Waals surface area contributed by atoms with Gasteiger partial charge in [-0.2, -0.15) is 0 Å². The Labute approximate surface area is 319 Å². The second-order valence-electron chi connectivity index (χ2n) is 14.5. The molecule has 1 saturated heterocycles. The average molecular weight is 747 g/mol. The molecule has 0 aromatic heterocycles. The zero-order valence-corrected chi connectivity index (χ0v) is 32.0. The number of nitrogens with zero attached hydrogens (tertiary/aromatic N) is 1. The summed E-state index contributed by atoms with van der Waals surface area (Å²) in [6, 6.07) is 25.4. The van der Waals surface area contributed by atoms with Crippen LogP contribution in [0, 0.1) is 11.6 Å². The zero-order chi connectivity index (χ0) is 36.6. The van der Waals surface area contributed by atoms with Gasteiger partial charge in [0.2, 0.25) is 5.91 Å². The Bertz CT molecular complexity index is 1740. The fourth-order valence-corrected chi connectivity index (χ4v) is 8.74. The topological polar surface area (TPSA) is 60.0 Å². The number of amides is 1. The van der Waals surface area contributed by atoms with E-state index in [0.29, 0.717) is 19.4 Å². The van der Waals surface area contributed by atoms with E-state index in [9.17, 15) is 13.6 Å². The van der Waals surface area contributed by atoms with E-state index in [-0.39, 0.29) is 41.9 Å². The summed E-state index contributed by atoms with van der Waals surface area (Å²) in [6.45, 7) is 2.50. The van der Waals surface area contributed by atoms with Crippen molar-refractivity contribution >= 4 is 18.3 Å². The molecule has 284 valence electrons. The van der Waals surface area contributed by atoms with Crippen molar-refractivity contribution in [1.82, 2.24) is 10.2 Å². The maximum absolute atomic E-state index is 14.3. The molecular weight excluding hydrogens is 694 g/mol. The van der Waals surface area contributed by atoms with Gasteiger partial charge in [-0.15, -0.1) is 12.4 Å². The Morgan fingerprint density at radius 3 is 1.98 bits per heavy atom. The van der Waals surface area contributed by atoms with E-state index in [1.807, 2.05) is 48.5 Å². The van der Waals surface area contributed by atoms with Crippen LogP contribution in [0.3, 0.4) is 0 Å². The minimum Gasteiger partial charge on any atom is -0.497 e. The van der Waals surface area contributed by atoms with Crippen molar-refractivity contribution in [3.8, 4) is 17.2 Å². The van der Waals surface area contributed by atoms with E-state index >= 15 is 0 Å². The van der Waals surface area contributed by atoms with Crippen LogP contribution in [0.1, 0.15) is 79.2 Å². The van der Waals surface area contributed by atoms with Gasteiger partial charge in [0.05, 0.1) is 27.8 Å². The summed E-state index contributed by atoms with van der Waals surface area (Å²) in [7, 11) is 5.01. The maximum atomic E-state index is 14.3. The molecule has 1 aliphatic heterocycles. The zero-order valence-electron chi connectivity index (χ0n) is 31.2. The number of benzene rings is 4. The van der Waals surface area contributed by atoms with Gasteiger partial charge in [0.1, 0.15) is 17.4 Å². The smallest absolute Gasteiger partial charge is 0.224 e. The van der Waals surface area contributed by atoms with E-state index in [4.69, 9.17) is 14.2 Å². The molecule has 9 heteroatoms. The van der Waals surface area contributed by atoms with Crippen LogP contribution in [0.4, 0.5) is 8.78 Å². The molecule has 1 fully saturated rings. The molecular formula is C44H53ClF2N2O4. The Balaban J connectivity index is 0.00000541. The molecule has 1 amide bonds. The average Bonchev–Trinajstić information content (AvgIpc) is 3.17. The largest absolute Gasteiger partial charge is 0.497 e. The Hall–Kier alpha value is -4.14. The molecule has 1 aliphatic carbocycles. The van der Waals surface area contributed by atoms with Crippen LogP contribution in [-0.4, -0.2) is 57.3 Å². The van der Waals surface area contributed by atoms with Crippen LogP contribution >= 0.6 is 12.4 Å². The first-order chi connectivity index (χ1) is 25.3. The molecule has 2 aliphatic rings. The predicted molar refractivity (Wildman–Crippen MR) is 209 cm³/mol. The minimum absolute atomic E-state index is 0. The van der Waals surface area contributed by atoms with Crippen LogP contribution in [0.5, 0.6) is 17.2 Å². The second kappa shape index (κ2) is 18.3.